The van der Waals surface area contributed by atoms with Crippen molar-refractivity contribution in [3.63, 3.8) is 0 Å². The Morgan fingerprint density at radius 3 is 1.62 bits per heavy atom. The molecule has 1 aliphatic heterocycles. The summed E-state index contributed by atoms with van der Waals surface area (Å²) in [6.45, 7) is 7.21. The molecule has 0 spiro atoms. The average molecular weight is 397 g/mol. The van der Waals surface area contributed by atoms with E-state index in [1.807, 2.05) is 0 Å². The van der Waals surface area contributed by atoms with E-state index in [4.69, 9.17) is 27.6 Å². The maximum atomic E-state index is 13.2. The molecule has 1 rings (SSSR count). The van der Waals surface area contributed by atoms with E-state index in [9.17, 15) is 9.59 Å². The first-order valence-corrected chi connectivity index (χ1v) is 10.1. The standard InChI is InChI=1S/C16H32NO8P/c1-15(2)16(3,4)25-26(22-9,23-10,24-15)12(13(18)17(5)6)11(20-7)14(19)21-8/h11-12H,1-10H3. The summed E-state index contributed by atoms with van der Waals surface area (Å²) in [5.41, 5.74) is -3.10. The first-order chi connectivity index (χ1) is 11.8. The quantitative estimate of drug-likeness (QED) is 0.474. The summed E-state index contributed by atoms with van der Waals surface area (Å²) in [5, 5.41) is 0. The molecule has 2 atom stereocenters. The Balaban J connectivity index is 3.77. The van der Waals surface area contributed by atoms with Gasteiger partial charge in [0.15, 0.2) is 0 Å². The summed E-state index contributed by atoms with van der Waals surface area (Å²) in [5.74, 6) is -1.27. The number of ether oxygens (including phenoxy) is 2. The van der Waals surface area contributed by atoms with Crippen LogP contribution in [0.4, 0.5) is 0 Å². The van der Waals surface area contributed by atoms with E-state index in [1.165, 1.54) is 33.3 Å². The van der Waals surface area contributed by atoms with Gasteiger partial charge in [-0.15, -0.1) is 0 Å². The van der Waals surface area contributed by atoms with E-state index in [1.54, 1.807) is 41.8 Å². The number of carbonyl (C=O) groups excluding carboxylic acids is 2. The summed E-state index contributed by atoms with van der Waals surface area (Å²) in [6.07, 6.45) is -1.35. The normalized spacial score (nSPS) is 26.2. The molecule has 1 saturated heterocycles. The number of esters is 1. The molecular weight excluding hydrogens is 365 g/mol. The third-order valence-electron chi connectivity index (χ3n) is 5.02. The second kappa shape index (κ2) is 7.30. The van der Waals surface area contributed by atoms with Gasteiger partial charge in [-0.3, -0.25) is 0 Å². The van der Waals surface area contributed by atoms with Crippen molar-refractivity contribution in [2.45, 2.75) is 50.7 Å². The SMILES string of the molecule is COC(=O)C(OC)C(C(=O)N(C)C)P1(OC)(OC)OC(C)(C)C(C)(C)O1. The topological polar surface area (TPSA) is 92.8 Å². The van der Waals surface area contributed by atoms with Crippen molar-refractivity contribution in [1.82, 2.24) is 4.90 Å². The van der Waals surface area contributed by atoms with Crippen molar-refractivity contribution in [2.75, 3.05) is 42.5 Å². The van der Waals surface area contributed by atoms with Gasteiger partial charge < -0.3 is 0 Å². The average Bonchev–Trinajstić information content (AvgIpc) is 2.74. The van der Waals surface area contributed by atoms with Crippen LogP contribution in [0.1, 0.15) is 27.7 Å². The van der Waals surface area contributed by atoms with Gasteiger partial charge in [-0.1, -0.05) is 0 Å². The minimum atomic E-state index is -4.64. The van der Waals surface area contributed by atoms with Crippen molar-refractivity contribution in [3.8, 4) is 0 Å². The van der Waals surface area contributed by atoms with Crippen LogP contribution in [0.25, 0.3) is 0 Å². The molecule has 9 nitrogen and oxygen atoms in total. The van der Waals surface area contributed by atoms with Crippen LogP contribution in [0.2, 0.25) is 0 Å². The van der Waals surface area contributed by atoms with Gasteiger partial charge >= 0.3 is 155 Å². The van der Waals surface area contributed by atoms with Gasteiger partial charge in [-0.25, -0.2) is 0 Å². The van der Waals surface area contributed by atoms with Gasteiger partial charge in [0.05, 0.1) is 0 Å². The van der Waals surface area contributed by atoms with Crippen molar-refractivity contribution in [1.29, 1.82) is 0 Å². The van der Waals surface area contributed by atoms with Gasteiger partial charge in [0.25, 0.3) is 0 Å². The molecule has 154 valence electrons. The van der Waals surface area contributed by atoms with Crippen LogP contribution in [-0.2, 0) is 37.2 Å². The molecule has 1 aliphatic rings. The van der Waals surface area contributed by atoms with Crippen molar-refractivity contribution in [3.05, 3.63) is 0 Å². The monoisotopic (exact) mass is 397 g/mol. The molecule has 1 fully saturated rings. The van der Waals surface area contributed by atoms with Crippen LogP contribution in [0.3, 0.4) is 0 Å². The van der Waals surface area contributed by atoms with Crippen LogP contribution in [-0.4, -0.2) is 82.3 Å². The Bertz CT molecular complexity index is 538. The predicted octanol–water partition coefficient (Wildman–Crippen LogP) is 1.74. The number of hydrogen-bond donors (Lipinski definition) is 0. The molecule has 0 radical (unpaired) electrons. The summed E-state index contributed by atoms with van der Waals surface area (Å²) in [4.78, 5) is 26.8. The number of hydrogen-bond acceptors (Lipinski definition) is 8. The molecule has 0 bridgehead atoms. The third kappa shape index (κ3) is 3.37. The molecule has 0 aliphatic carbocycles. The Kier molecular flexibility index (Phi) is 6.51. The Morgan fingerprint density at radius 2 is 1.35 bits per heavy atom. The van der Waals surface area contributed by atoms with Gasteiger partial charge in [-0.2, -0.15) is 0 Å². The van der Waals surface area contributed by atoms with E-state index in [0.717, 1.165) is 0 Å². The second-order valence-corrected chi connectivity index (χ2v) is 10.7. The van der Waals surface area contributed by atoms with Crippen LogP contribution in [0, 0.1) is 0 Å². The molecule has 0 aromatic rings. The third-order valence-corrected chi connectivity index (χ3v) is 9.30. The zero-order chi connectivity index (χ0) is 20.6. The van der Waals surface area contributed by atoms with Crippen molar-refractivity contribution < 1.29 is 37.2 Å². The Morgan fingerprint density at radius 1 is 0.923 bits per heavy atom. The number of amides is 1. The van der Waals surface area contributed by atoms with E-state index >= 15 is 0 Å². The van der Waals surface area contributed by atoms with Gasteiger partial charge in [0, 0.05) is 0 Å². The van der Waals surface area contributed by atoms with E-state index in [-0.39, 0.29) is 0 Å². The summed E-state index contributed by atoms with van der Waals surface area (Å²) < 4.78 is 34.2. The molecular formula is C16H32NO8P. The van der Waals surface area contributed by atoms with Crippen LogP contribution in [0.15, 0.2) is 0 Å². The van der Waals surface area contributed by atoms with E-state index in [2.05, 4.69) is 0 Å². The second-order valence-electron chi connectivity index (χ2n) is 7.29. The molecule has 0 saturated carbocycles. The van der Waals surface area contributed by atoms with Crippen molar-refractivity contribution in [2.24, 2.45) is 0 Å². The van der Waals surface area contributed by atoms with E-state index < -0.39 is 42.4 Å². The van der Waals surface area contributed by atoms with Gasteiger partial charge in [-0.05, 0) is 0 Å². The Hall–Kier alpha value is -0.830. The number of carbonyl (C=O) groups is 2. The first-order valence-electron chi connectivity index (χ1n) is 8.16. The predicted molar refractivity (Wildman–Crippen MR) is 96.6 cm³/mol. The fourth-order valence-electron chi connectivity index (χ4n) is 2.89. The summed E-state index contributed by atoms with van der Waals surface area (Å²) >= 11 is 0. The Labute approximate surface area is 155 Å². The fourth-order valence-corrected chi connectivity index (χ4v) is 7.42. The minimum absolute atomic E-state index is 0.503. The first kappa shape index (κ1) is 23.2. The molecule has 2 unspecified atom stereocenters. The van der Waals surface area contributed by atoms with E-state index in [0.29, 0.717) is 0 Å². The number of nitrogens with zero attached hydrogens (tertiary/aromatic N) is 1. The molecule has 10 heteroatoms. The molecule has 0 aromatic carbocycles. The molecule has 26 heavy (non-hydrogen) atoms. The summed E-state index contributed by atoms with van der Waals surface area (Å²) in [7, 11) is 3.61. The van der Waals surface area contributed by atoms with Crippen LogP contribution >= 0.6 is 7.51 Å². The number of rotatable bonds is 7. The molecule has 0 aromatic heterocycles. The van der Waals surface area contributed by atoms with Gasteiger partial charge in [0.1, 0.15) is 0 Å². The van der Waals surface area contributed by atoms with Crippen molar-refractivity contribution >= 4 is 19.4 Å². The van der Waals surface area contributed by atoms with Crippen LogP contribution in [0.5, 0.6) is 0 Å². The zero-order valence-corrected chi connectivity index (χ0v) is 18.2. The number of methoxy groups -OCH3 is 2. The zero-order valence-electron chi connectivity index (χ0n) is 17.3. The summed E-state index contributed by atoms with van der Waals surface area (Å²) in [6, 6.07) is 0. The molecule has 0 N–H and O–H groups in total. The maximum absolute atomic E-state index is 13.2. The van der Waals surface area contributed by atoms with Gasteiger partial charge in [0.2, 0.25) is 0 Å². The molecule has 1 amide bonds. The van der Waals surface area contributed by atoms with Crippen LogP contribution < -0.4 is 0 Å². The fraction of sp³-hybridized carbons (Fsp3) is 0.875. The molecule has 1 heterocycles.